The van der Waals surface area contributed by atoms with Gasteiger partial charge in [0, 0.05) is 17.7 Å². The summed E-state index contributed by atoms with van der Waals surface area (Å²) in [6.07, 6.45) is 3.28. The molecule has 5 rings (SSSR count). The molecule has 0 aliphatic heterocycles. The molecule has 0 spiro atoms. The number of nitrogens with two attached hydrogens (primary N) is 1. The molecule has 0 fully saturated rings. The van der Waals surface area contributed by atoms with Crippen molar-refractivity contribution in [1.29, 1.82) is 5.26 Å². The predicted molar refractivity (Wildman–Crippen MR) is 123 cm³/mol. The Morgan fingerprint density at radius 1 is 1.00 bits per heavy atom. The molecule has 8 heteroatoms. The maximum atomic E-state index is 14.3. The van der Waals surface area contributed by atoms with Gasteiger partial charge >= 0.3 is 0 Å². The summed E-state index contributed by atoms with van der Waals surface area (Å²) in [4.78, 5) is 8.93. The molecular weight excluding hydrogens is 434 g/mol. The number of halogens is 2. The van der Waals surface area contributed by atoms with Crippen LogP contribution in [0.25, 0.3) is 22.5 Å². The first-order chi connectivity index (χ1) is 16.5. The van der Waals surface area contributed by atoms with E-state index in [-0.39, 0.29) is 28.9 Å². The number of nitrogen functional groups attached to an aromatic ring is 1. The van der Waals surface area contributed by atoms with Gasteiger partial charge in [0.1, 0.15) is 23.5 Å². The second-order valence-electron chi connectivity index (χ2n) is 8.41. The Balaban J connectivity index is 1.56. The summed E-state index contributed by atoms with van der Waals surface area (Å²) in [6, 6.07) is 14.9. The minimum atomic E-state index is -0.669. The van der Waals surface area contributed by atoms with Crippen LogP contribution in [0, 0.1) is 23.0 Å². The van der Waals surface area contributed by atoms with Crippen LogP contribution in [-0.2, 0) is 0 Å². The van der Waals surface area contributed by atoms with Gasteiger partial charge in [-0.25, -0.2) is 13.8 Å². The van der Waals surface area contributed by atoms with Gasteiger partial charge in [0.2, 0.25) is 0 Å². The molecule has 34 heavy (non-hydrogen) atoms. The lowest BCUT2D eigenvalue weighted by Gasteiger charge is -2.28. The molecule has 2 N–H and O–H groups in total. The highest BCUT2D eigenvalue weighted by Crippen LogP contribution is 2.42. The maximum absolute atomic E-state index is 14.3. The summed E-state index contributed by atoms with van der Waals surface area (Å²) in [5, 5.41) is 17.9. The van der Waals surface area contributed by atoms with E-state index < -0.39 is 11.6 Å². The van der Waals surface area contributed by atoms with E-state index in [4.69, 9.17) is 10.7 Å². The Morgan fingerprint density at radius 3 is 2.53 bits per heavy atom. The number of hydrogen-bond donors (Lipinski definition) is 1. The Labute approximate surface area is 195 Å². The highest BCUT2D eigenvalue weighted by molar-refractivity contribution is 5.65. The molecule has 0 radical (unpaired) electrons. The summed E-state index contributed by atoms with van der Waals surface area (Å²) >= 11 is 0. The van der Waals surface area contributed by atoms with Gasteiger partial charge in [0.05, 0.1) is 33.9 Å². The van der Waals surface area contributed by atoms with Crippen molar-refractivity contribution in [3.8, 4) is 28.6 Å². The highest BCUT2D eigenvalue weighted by atomic mass is 19.1. The maximum Gasteiger partial charge on any atom is 0.141 e. The van der Waals surface area contributed by atoms with Gasteiger partial charge in [0.15, 0.2) is 0 Å². The molecular formula is C26H20F2N6. The lowest BCUT2D eigenvalue weighted by molar-refractivity contribution is 0.519. The molecule has 168 valence electrons. The first-order valence-electron chi connectivity index (χ1n) is 10.9. The van der Waals surface area contributed by atoms with Gasteiger partial charge in [-0.2, -0.15) is 10.4 Å². The first-order valence-corrected chi connectivity index (χ1v) is 10.9. The Morgan fingerprint density at radius 2 is 1.76 bits per heavy atom. The zero-order chi connectivity index (χ0) is 23.8. The van der Waals surface area contributed by atoms with Crippen molar-refractivity contribution in [2.45, 2.75) is 31.6 Å². The van der Waals surface area contributed by atoms with E-state index in [2.05, 4.69) is 22.1 Å². The normalized spacial score (nSPS) is 17.1. The Bertz CT molecular complexity index is 1430. The van der Waals surface area contributed by atoms with E-state index in [1.165, 1.54) is 18.2 Å². The molecule has 1 aliphatic carbocycles. The molecule has 4 aromatic rings. The third-order valence-corrected chi connectivity index (χ3v) is 6.28. The lowest BCUT2D eigenvalue weighted by atomic mass is 9.78. The number of rotatable bonds is 3. The van der Waals surface area contributed by atoms with Gasteiger partial charge < -0.3 is 5.73 Å². The molecule has 0 amide bonds. The smallest absolute Gasteiger partial charge is 0.141 e. The third-order valence-electron chi connectivity index (χ3n) is 6.28. The molecule has 0 saturated heterocycles. The molecule has 1 aromatic carbocycles. The summed E-state index contributed by atoms with van der Waals surface area (Å²) < 4.78 is 28.7. The van der Waals surface area contributed by atoms with Crippen molar-refractivity contribution in [2.24, 2.45) is 0 Å². The Hall–Kier alpha value is -4.25. The zero-order valence-corrected chi connectivity index (χ0v) is 18.3. The fourth-order valence-corrected chi connectivity index (χ4v) is 4.45. The molecule has 2 unspecified atom stereocenters. The van der Waals surface area contributed by atoms with Crippen LogP contribution in [-0.4, -0.2) is 20.2 Å². The van der Waals surface area contributed by atoms with Crippen LogP contribution in [0.15, 0.2) is 54.7 Å². The van der Waals surface area contributed by atoms with E-state index in [0.29, 0.717) is 16.8 Å². The number of nitrogens with zero attached hydrogens (tertiary/aromatic N) is 5. The van der Waals surface area contributed by atoms with Crippen LogP contribution in [0.3, 0.4) is 0 Å². The number of anilines is 1. The van der Waals surface area contributed by atoms with Gasteiger partial charge in [-0.3, -0.25) is 4.98 Å². The highest BCUT2D eigenvalue weighted by Gasteiger charge is 2.30. The minimum absolute atomic E-state index is 0.115. The summed E-state index contributed by atoms with van der Waals surface area (Å²) in [5.74, 6) is -1.11. The van der Waals surface area contributed by atoms with Crippen LogP contribution >= 0.6 is 0 Å². The molecule has 3 heterocycles. The largest absolute Gasteiger partial charge is 0.383 e. The predicted octanol–water partition coefficient (Wildman–Crippen LogP) is 5.36. The first kappa shape index (κ1) is 21.6. The third kappa shape index (κ3) is 3.75. The number of pyridine rings is 2. The average molecular weight is 454 g/mol. The monoisotopic (exact) mass is 454 g/mol. The fraction of sp³-hybridized carbons (Fsp3) is 0.192. The van der Waals surface area contributed by atoms with Crippen molar-refractivity contribution in [1.82, 2.24) is 20.2 Å². The van der Waals surface area contributed by atoms with E-state index in [0.717, 1.165) is 29.8 Å². The van der Waals surface area contributed by atoms with Crippen molar-refractivity contribution in [3.05, 3.63) is 88.9 Å². The van der Waals surface area contributed by atoms with Crippen molar-refractivity contribution >= 4 is 5.82 Å². The number of nitriles is 1. The Kier molecular flexibility index (Phi) is 5.46. The van der Waals surface area contributed by atoms with Crippen LogP contribution in [0.4, 0.5) is 14.6 Å². The molecule has 2 atom stereocenters. The number of fused-ring (bicyclic) bond motifs is 1. The SMILES string of the molecule is CC1CCC(c2cccc(-c3cnc(N)c(C#N)c3)n2)c2nnc(-c3c(F)cccc3F)cc21. The second-order valence-corrected chi connectivity index (χ2v) is 8.41. The molecule has 1 aliphatic rings. The topological polar surface area (TPSA) is 101 Å². The quantitative estimate of drug-likeness (QED) is 0.447. The van der Waals surface area contributed by atoms with Gasteiger partial charge in [0.25, 0.3) is 0 Å². The summed E-state index contributed by atoms with van der Waals surface area (Å²) in [6.45, 7) is 2.07. The second kappa shape index (κ2) is 8.60. The molecule has 0 bridgehead atoms. The van der Waals surface area contributed by atoms with Gasteiger partial charge in [-0.05, 0) is 60.7 Å². The van der Waals surface area contributed by atoms with Crippen LogP contribution in [0.1, 0.15) is 54.1 Å². The van der Waals surface area contributed by atoms with E-state index in [1.54, 1.807) is 18.3 Å². The van der Waals surface area contributed by atoms with Crippen molar-refractivity contribution in [2.75, 3.05) is 5.73 Å². The van der Waals surface area contributed by atoms with Crippen LogP contribution in [0.5, 0.6) is 0 Å². The van der Waals surface area contributed by atoms with Crippen molar-refractivity contribution in [3.63, 3.8) is 0 Å². The van der Waals surface area contributed by atoms with E-state index >= 15 is 0 Å². The van der Waals surface area contributed by atoms with Gasteiger partial charge in [-0.1, -0.05) is 19.1 Å². The number of benzene rings is 1. The lowest BCUT2D eigenvalue weighted by Crippen LogP contribution is -2.18. The van der Waals surface area contributed by atoms with Crippen molar-refractivity contribution < 1.29 is 8.78 Å². The minimum Gasteiger partial charge on any atom is -0.383 e. The molecule has 3 aromatic heterocycles. The van der Waals surface area contributed by atoms with E-state index in [9.17, 15) is 14.0 Å². The van der Waals surface area contributed by atoms with Crippen LogP contribution in [0.2, 0.25) is 0 Å². The standard InChI is InChI=1S/C26H20F2N6/c1-14-8-9-17(22-7-3-6-21(32-22)16-10-15(12-29)26(30)31-13-16)25-18(14)11-23(33-34-25)24-19(27)4-2-5-20(24)28/h2-7,10-11,13-14,17H,8-9H2,1H3,(H2,30,31). The summed E-state index contributed by atoms with van der Waals surface area (Å²) in [5.41, 5.74) is 9.89. The van der Waals surface area contributed by atoms with Gasteiger partial charge in [-0.15, -0.1) is 5.10 Å². The average Bonchev–Trinajstić information content (AvgIpc) is 2.85. The fourth-order valence-electron chi connectivity index (χ4n) is 4.45. The van der Waals surface area contributed by atoms with Crippen LogP contribution < -0.4 is 5.73 Å². The molecule has 6 nitrogen and oxygen atoms in total. The number of hydrogen-bond acceptors (Lipinski definition) is 6. The zero-order valence-electron chi connectivity index (χ0n) is 18.3. The molecule has 0 saturated carbocycles. The van der Waals surface area contributed by atoms with E-state index in [1.807, 2.05) is 24.3 Å². The number of aromatic nitrogens is 4. The summed E-state index contributed by atoms with van der Waals surface area (Å²) in [7, 11) is 0.